The van der Waals surface area contributed by atoms with E-state index in [9.17, 15) is 14.7 Å². The van der Waals surface area contributed by atoms with E-state index in [2.05, 4.69) is 5.32 Å². The zero-order valence-corrected chi connectivity index (χ0v) is 10.00. The molecule has 16 heavy (non-hydrogen) atoms. The summed E-state index contributed by atoms with van der Waals surface area (Å²) in [6.45, 7) is 3.05. The van der Waals surface area contributed by atoms with Crippen LogP contribution in [0.1, 0.15) is 13.3 Å². The molecule has 2 N–H and O–H groups in total. The summed E-state index contributed by atoms with van der Waals surface area (Å²) in [4.78, 5) is 24.7. The zero-order chi connectivity index (χ0) is 11.7. The van der Waals surface area contributed by atoms with Crippen LogP contribution in [-0.4, -0.2) is 52.1 Å². The summed E-state index contributed by atoms with van der Waals surface area (Å²) in [6.07, 6.45) is 0.474. The van der Waals surface area contributed by atoms with Gasteiger partial charge in [-0.05, 0) is 13.3 Å². The molecule has 6 heteroatoms. The van der Waals surface area contributed by atoms with Crippen molar-refractivity contribution in [1.29, 1.82) is 0 Å². The number of hydrogen-bond donors (Lipinski definition) is 2. The van der Waals surface area contributed by atoms with Crippen LogP contribution >= 0.6 is 11.8 Å². The molecule has 2 amide bonds. The number of aliphatic hydroxyl groups is 1. The normalized spacial score (nSPS) is 31.6. The van der Waals surface area contributed by atoms with Crippen LogP contribution in [-0.2, 0) is 4.79 Å². The van der Waals surface area contributed by atoms with Gasteiger partial charge >= 0.3 is 0 Å². The van der Waals surface area contributed by atoms with Crippen molar-refractivity contribution in [3.8, 4) is 0 Å². The molecule has 5 nitrogen and oxygen atoms in total. The number of hydrogen-bond acceptors (Lipinski definition) is 4. The number of rotatable bonds is 2. The van der Waals surface area contributed by atoms with E-state index in [1.165, 1.54) is 0 Å². The predicted molar refractivity (Wildman–Crippen MR) is 61.1 cm³/mol. The molecule has 0 aromatic heterocycles. The highest BCUT2D eigenvalue weighted by atomic mass is 32.2. The maximum atomic E-state index is 12.0. The van der Waals surface area contributed by atoms with Crippen LogP contribution in [0.2, 0.25) is 0 Å². The van der Waals surface area contributed by atoms with Gasteiger partial charge in [0.25, 0.3) is 5.24 Å². The minimum Gasteiger partial charge on any atom is -0.393 e. The van der Waals surface area contributed by atoms with E-state index in [4.69, 9.17) is 0 Å². The zero-order valence-electron chi connectivity index (χ0n) is 9.18. The number of amides is 2. The standard InChI is InChI=1S/C10H16N2O3S/c1-6(13)7-2-3-12(4-7)9(14)8-5-16-10(15)11-8/h6-8,13H,2-5H2,1H3,(H,11,15). The maximum Gasteiger partial charge on any atom is 0.279 e. The monoisotopic (exact) mass is 244 g/mol. The topological polar surface area (TPSA) is 69.6 Å². The molecular formula is C10H16N2O3S. The third-order valence-corrected chi connectivity index (χ3v) is 4.07. The Balaban J connectivity index is 1.89. The lowest BCUT2D eigenvalue weighted by Gasteiger charge is -2.20. The first-order chi connectivity index (χ1) is 7.58. The van der Waals surface area contributed by atoms with E-state index in [0.717, 1.165) is 18.2 Å². The van der Waals surface area contributed by atoms with Crippen LogP contribution < -0.4 is 5.32 Å². The fourth-order valence-corrected chi connectivity index (χ4v) is 2.89. The lowest BCUT2D eigenvalue weighted by Crippen LogP contribution is -2.44. The van der Waals surface area contributed by atoms with Gasteiger partial charge in [-0.2, -0.15) is 0 Å². The Kier molecular flexibility index (Phi) is 3.39. The van der Waals surface area contributed by atoms with Crippen molar-refractivity contribution >= 4 is 22.9 Å². The van der Waals surface area contributed by atoms with Crippen molar-refractivity contribution in [3.63, 3.8) is 0 Å². The fourth-order valence-electron chi connectivity index (χ4n) is 2.12. The summed E-state index contributed by atoms with van der Waals surface area (Å²) in [5.74, 6) is 0.684. The van der Waals surface area contributed by atoms with E-state index in [-0.39, 0.29) is 29.2 Å². The Morgan fingerprint density at radius 3 is 2.94 bits per heavy atom. The van der Waals surface area contributed by atoms with Crippen molar-refractivity contribution in [2.45, 2.75) is 25.5 Å². The highest BCUT2D eigenvalue weighted by Gasteiger charge is 2.35. The molecule has 2 rings (SSSR count). The summed E-state index contributed by atoms with van der Waals surface area (Å²) < 4.78 is 0. The second kappa shape index (κ2) is 4.63. The molecule has 0 aliphatic carbocycles. The molecule has 2 saturated heterocycles. The van der Waals surface area contributed by atoms with Gasteiger partial charge in [0.15, 0.2) is 0 Å². The molecule has 2 aliphatic rings. The summed E-state index contributed by atoms with van der Waals surface area (Å²) in [6, 6.07) is -0.370. The second-order valence-electron chi connectivity index (χ2n) is 4.37. The predicted octanol–water partition coefficient (Wildman–Crippen LogP) is 0.0407. The Labute approximate surface area is 98.6 Å². The molecular weight excluding hydrogens is 228 g/mol. The van der Waals surface area contributed by atoms with Crippen LogP contribution in [0, 0.1) is 5.92 Å². The Morgan fingerprint density at radius 1 is 1.69 bits per heavy atom. The number of nitrogens with one attached hydrogen (secondary N) is 1. The van der Waals surface area contributed by atoms with Gasteiger partial charge in [-0.15, -0.1) is 0 Å². The summed E-state index contributed by atoms with van der Waals surface area (Å²) in [5.41, 5.74) is 0. The molecule has 0 radical (unpaired) electrons. The molecule has 2 heterocycles. The largest absolute Gasteiger partial charge is 0.393 e. The van der Waals surface area contributed by atoms with Gasteiger partial charge in [-0.1, -0.05) is 11.8 Å². The van der Waals surface area contributed by atoms with Crippen LogP contribution in [0.3, 0.4) is 0 Å². The summed E-state index contributed by atoms with van der Waals surface area (Å²) >= 11 is 1.15. The van der Waals surface area contributed by atoms with Gasteiger partial charge in [0, 0.05) is 24.8 Å². The van der Waals surface area contributed by atoms with E-state index in [1.807, 2.05) is 0 Å². The maximum absolute atomic E-state index is 12.0. The average Bonchev–Trinajstić information content (AvgIpc) is 2.84. The van der Waals surface area contributed by atoms with Gasteiger partial charge in [0.1, 0.15) is 6.04 Å². The van der Waals surface area contributed by atoms with Gasteiger partial charge in [0.05, 0.1) is 6.10 Å². The third-order valence-electron chi connectivity index (χ3n) is 3.19. The van der Waals surface area contributed by atoms with Crippen molar-refractivity contribution < 1.29 is 14.7 Å². The second-order valence-corrected chi connectivity index (χ2v) is 5.36. The number of aliphatic hydroxyl groups excluding tert-OH is 1. The smallest absolute Gasteiger partial charge is 0.279 e. The number of carbonyl (C=O) groups excluding carboxylic acids is 2. The highest BCUT2D eigenvalue weighted by Crippen LogP contribution is 2.22. The van der Waals surface area contributed by atoms with E-state index >= 15 is 0 Å². The Bertz CT molecular complexity index is 308. The van der Waals surface area contributed by atoms with E-state index < -0.39 is 0 Å². The molecule has 0 aromatic rings. The Morgan fingerprint density at radius 2 is 2.44 bits per heavy atom. The lowest BCUT2D eigenvalue weighted by atomic mass is 10.0. The lowest BCUT2D eigenvalue weighted by molar-refractivity contribution is -0.131. The number of thioether (sulfide) groups is 1. The fraction of sp³-hybridized carbons (Fsp3) is 0.800. The molecule has 2 fully saturated rings. The third kappa shape index (κ3) is 2.32. The van der Waals surface area contributed by atoms with Crippen molar-refractivity contribution in [2.75, 3.05) is 18.8 Å². The number of nitrogens with zero attached hydrogens (tertiary/aromatic N) is 1. The molecule has 0 saturated carbocycles. The minimum absolute atomic E-state index is 0.0125. The van der Waals surface area contributed by atoms with E-state index in [0.29, 0.717) is 18.8 Å². The molecule has 0 aromatic carbocycles. The number of carbonyl (C=O) groups is 2. The minimum atomic E-state index is -0.370. The van der Waals surface area contributed by atoms with Crippen LogP contribution in [0.5, 0.6) is 0 Å². The quantitative estimate of drug-likeness (QED) is 0.719. The highest BCUT2D eigenvalue weighted by molar-refractivity contribution is 8.14. The first-order valence-corrected chi connectivity index (χ1v) is 6.46. The molecule has 2 aliphatic heterocycles. The van der Waals surface area contributed by atoms with Gasteiger partial charge in [0.2, 0.25) is 5.91 Å². The molecule has 0 spiro atoms. The average molecular weight is 244 g/mol. The van der Waals surface area contributed by atoms with Crippen LogP contribution in [0.15, 0.2) is 0 Å². The van der Waals surface area contributed by atoms with Crippen LogP contribution in [0.4, 0.5) is 4.79 Å². The van der Waals surface area contributed by atoms with Crippen molar-refractivity contribution in [2.24, 2.45) is 5.92 Å². The van der Waals surface area contributed by atoms with Crippen molar-refractivity contribution in [3.05, 3.63) is 0 Å². The molecule has 0 bridgehead atoms. The SMILES string of the molecule is CC(O)C1CCN(C(=O)C2CSC(=O)N2)C1. The van der Waals surface area contributed by atoms with Gasteiger partial charge in [-0.3, -0.25) is 9.59 Å². The summed E-state index contributed by atoms with van der Waals surface area (Å²) in [7, 11) is 0. The van der Waals surface area contributed by atoms with Crippen LogP contribution in [0.25, 0.3) is 0 Å². The van der Waals surface area contributed by atoms with Gasteiger partial charge < -0.3 is 15.3 Å². The number of likely N-dealkylation sites (tertiary alicyclic amines) is 1. The van der Waals surface area contributed by atoms with Gasteiger partial charge in [-0.25, -0.2) is 0 Å². The first-order valence-electron chi connectivity index (χ1n) is 5.48. The van der Waals surface area contributed by atoms with Crippen molar-refractivity contribution in [1.82, 2.24) is 10.2 Å². The van der Waals surface area contributed by atoms with E-state index in [1.54, 1.807) is 11.8 Å². The molecule has 90 valence electrons. The molecule has 3 unspecified atom stereocenters. The molecule has 3 atom stereocenters. The summed E-state index contributed by atoms with van der Waals surface area (Å²) in [5, 5.41) is 12.0. The Hall–Kier alpha value is -0.750. The first kappa shape index (κ1) is 11.7.